The molecule has 0 N–H and O–H groups in total. The maximum atomic E-state index is 13.6. The molecule has 200 valence electrons. The number of nitrogens with zero attached hydrogens (tertiary/aromatic N) is 2. The topological polar surface area (TPSA) is 34.2 Å². The van der Waals surface area contributed by atoms with Crippen molar-refractivity contribution in [2.75, 3.05) is 54.1 Å². The van der Waals surface area contributed by atoms with E-state index in [2.05, 4.69) is 15.9 Å². The fourth-order valence-corrected chi connectivity index (χ4v) is 4.81. The van der Waals surface area contributed by atoms with Crippen molar-refractivity contribution in [3.63, 3.8) is 0 Å². The van der Waals surface area contributed by atoms with Crippen molar-refractivity contribution in [3.05, 3.63) is 107 Å². The van der Waals surface area contributed by atoms with Crippen LogP contribution in [0, 0.1) is 11.6 Å². The molecular weight excluding hydrogens is 486 g/mol. The van der Waals surface area contributed by atoms with Gasteiger partial charge in [-0.25, -0.2) is 8.78 Å². The van der Waals surface area contributed by atoms with Gasteiger partial charge in [-0.3, -0.25) is 9.80 Å². The van der Waals surface area contributed by atoms with Gasteiger partial charge in [-0.05, 0) is 47.5 Å². The van der Waals surface area contributed by atoms with E-state index in [1.54, 1.807) is 21.3 Å². The normalized spacial score (nSPS) is 15.0. The minimum atomic E-state index is -0.262. The lowest BCUT2D eigenvalue weighted by atomic mass is 9.96. The molecule has 0 radical (unpaired) electrons. The Balaban J connectivity index is 1.36. The van der Waals surface area contributed by atoms with Gasteiger partial charge in [0.15, 0.2) is 11.5 Å². The Hall–Kier alpha value is -3.68. The SMILES string of the molecule is COc1ccc(C=CC=CCN2CCN(C(c3ccc(F)cc3)c3ccc(F)cc3)CC2)c(OC)c1OC. The van der Waals surface area contributed by atoms with Crippen LogP contribution in [-0.2, 0) is 0 Å². The summed E-state index contributed by atoms with van der Waals surface area (Å²) in [5, 5.41) is 0. The van der Waals surface area contributed by atoms with E-state index in [0.29, 0.717) is 17.2 Å². The molecule has 0 atom stereocenters. The van der Waals surface area contributed by atoms with E-state index in [-0.39, 0.29) is 17.7 Å². The van der Waals surface area contributed by atoms with E-state index in [0.717, 1.165) is 49.4 Å². The van der Waals surface area contributed by atoms with Crippen molar-refractivity contribution in [2.45, 2.75) is 6.04 Å². The summed E-state index contributed by atoms with van der Waals surface area (Å²) in [4.78, 5) is 4.77. The van der Waals surface area contributed by atoms with E-state index in [9.17, 15) is 8.78 Å². The lowest BCUT2D eigenvalue weighted by molar-refractivity contribution is 0.117. The number of hydrogen-bond donors (Lipinski definition) is 0. The Morgan fingerprint density at radius 1 is 0.711 bits per heavy atom. The fourth-order valence-electron chi connectivity index (χ4n) is 4.81. The van der Waals surface area contributed by atoms with Crippen molar-refractivity contribution >= 4 is 6.08 Å². The van der Waals surface area contributed by atoms with Gasteiger partial charge in [0.25, 0.3) is 0 Å². The Morgan fingerprint density at radius 2 is 1.29 bits per heavy atom. The first-order chi connectivity index (χ1) is 18.5. The Morgan fingerprint density at radius 3 is 1.82 bits per heavy atom. The number of halogens is 2. The number of allylic oxidation sites excluding steroid dienone is 2. The summed E-state index contributed by atoms with van der Waals surface area (Å²) < 4.78 is 43.5. The minimum Gasteiger partial charge on any atom is -0.493 e. The molecule has 1 heterocycles. The predicted octanol–water partition coefficient (Wildman–Crippen LogP) is 5.97. The van der Waals surface area contributed by atoms with Gasteiger partial charge in [0.05, 0.1) is 27.4 Å². The fraction of sp³-hybridized carbons (Fsp3) is 0.290. The number of hydrogen-bond acceptors (Lipinski definition) is 5. The van der Waals surface area contributed by atoms with E-state index in [4.69, 9.17) is 14.2 Å². The van der Waals surface area contributed by atoms with E-state index >= 15 is 0 Å². The van der Waals surface area contributed by atoms with Gasteiger partial charge >= 0.3 is 0 Å². The third-order valence-electron chi connectivity index (χ3n) is 6.76. The van der Waals surface area contributed by atoms with Gasteiger partial charge in [0.2, 0.25) is 5.75 Å². The quantitative estimate of drug-likeness (QED) is 0.308. The molecule has 5 nitrogen and oxygen atoms in total. The minimum absolute atomic E-state index is 0.0479. The highest BCUT2D eigenvalue weighted by atomic mass is 19.1. The van der Waals surface area contributed by atoms with Crippen molar-refractivity contribution in [1.82, 2.24) is 9.80 Å². The molecule has 1 aliphatic heterocycles. The van der Waals surface area contributed by atoms with Gasteiger partial charge in [0.1, 0.15) is 11.6 Å². The van der Waals surface area contributed by atoms with E-state index < -0.39 is 0 Å². The molecule has 38 heavy (non-hydrogen) atoms. The first kappa shape index (κ1) is 27.4. The summed E-state index contributed by atoms with van der Waals surface area (Å²) in [6, 6.07) is 16.9. The van der Waals surface area contributed by atoms with E-state index in [1.807, 2.05) is 54.6 Å². The third kappa shape index (κ3) is 6.60. The molecule has 1 fully saturated rings. The van der Waals surface area contributed by atoms with Crippen LogP contribution in [0.25, 0.3) is 6.08 Å². The van der Waals surface area contributed by atoms with Gasteiger partial charge < -0.3 is 14.2 Å². The lowest BCUT2D eigenvalue weighted by Gasteiger charge is -2.39. The second-order valence-electron chi connectivity index (χ2n) is 9.05. The van der Waals surface area contributed by atoms with Gasteiger partial charge in [-0.15, -0.1) is 0 Å². The van der Waals surface area contributed by atoms with Crippen LogP contribution < -0.4 is 14.2 Å². The summed E-state index contributed by atoms with van der Waals surface area (Å²) >= 11 is 0. The van der Waals surface area contributed by atoms with Crippen molar-refractivity contribution < 1.29 is 23.0 Å². The molecule has 3 aromatic carbocycles. The zero-order valence-corrected chi connectivity index (χ0v) is 22.1. The number of ether oxygens (including phenoxy) is 3. The summed E-state index contributed by atoms with van der Waals surface area (Å²) in [6.45, 7) is 4.34. The highest BCUT2D eigenvalue weighted by Crippen LogP contribution is 2.40. The zero-order valence-electron chi connectivity index (χ0n) is 22.1. The summed E-state index contributed by atoms with van der Waals surface area (Å²) in [5.74, 6) is 1.30. The Labute approximate surface area is 223 Å². The van der Waals surface area contributed by atoms with Crippen LogP contribution in [0.5, 0.6) is 17.2 Å². The molecule has 3 aromatic rings. The Bertz CT molecular complexity index is 1190. The summed E-state index contributed by atoms with van der Waals surface area (Å²) in [5.41, 5.74) is 2.90. The zero-order chi connectivity index (χ0) is 26.9. The number of benzene rings is 3. The standard InChI is InChI=1S/C31H34F2N2O3/c1-36-28-17-12-25(30(37-2)31(28)38-3)7-5-4-6-18-34-19-21-35(22-20-34)29(23-8-13-26(32)14-9-23)24-10-15-27(33)16-11-24/h4-17,29H,18-22H2,1-3H3. The molecular formula is C31H34F2N2O3. The van der Waals surface area contributed by atoms with Crippen LogP contribution in [-0.4, -0.2) is 63.9 Å². The number of methoxy groups -OCH3 is 3. The molecule has 0 bridgehead atoms. The first-order valence-corrected chi connectivity index (χ1v) is 12.6. The molecule has 0 aromatic heterocycles. The lowest BCUT2D eigenvalue weighted by Crippen LogP contribution is -2.47. The van der Waals surface area contributed by atoms with E-state index in [1.165, 1.54) is 24.3 Å². The largest absolute Gasteiger partial charge is 0.493 e. The second kappa shape index (κ2) is 13.2. The monoisotopic (exact) mass is 520 g/mol. The van der Waals surface area contributed by atoms with Crippen molar-refractivity contribution in [1.29, 1.82) is 0 Å². The number of piperazine rings is 1. The molecule has 0 unspecified atom stereocenters. The molecule has 0 amide bonds. The molecule has 0 spiro atoms. The predicted molar refractivity (Wildman–Crippen MR) is 147 cm³/mol. The summed E-state index contributed by atoms with van der Waals surface area (Å²) in [7, 11) is 4.80. The summed E-state index contributed by atoms with van der Waals surface area (Å²) in [6.07, 6.45) is 8.13. The maximum absolute atomic E-state index is 13.6. The molecule has 7 heteroatoms. The van der Waals surface area contributed by atoms with Gasteiger partial charge in [0, 0.05) is 38.3 Å². The number of rotatable bonds is 10. The molecule has 0 saturated carbocycles. The van der Waals surface area contributed by atoms with Crippen LogP contribution in [0.15, 0.2) is 78.9 Å². The molecule has 1 saturated heterocycles. The van der Waals surface area contributed by atoms with Crippen molar-refractivity contribution in [2.24, 2.45) is 0 Å². The second-order valence-corrected chi connectivity index (χ2v) is 9.05. The van der Waals surface area contributed by atoms with Crippen LogP contribution >= 0.6 is 0 Å². The van der Waals surface area contributed by atoms with Crippen LogP contribution in [0.2, 0.25) is 0 Å². The highest BCUT2D eigenvalue weighted by Gasteiger charge is 2.26. The van der Waals surface area contributed by atoms with Gasteiger partial charge in [-0.2, -0.15) is 0 Å². The first-order valence-electron chi connectivity index (χ1n) is 12.6. The van der Waals surface area contributed by atoms with Crippen LogP contribution in [0.1, 0.15) is 22.7 Å². The molecule has 1 aliphatic rings. The van der Waals surface area contributed by atoms with Crippen LogP contribution in [0.3, 0.4) is 0 Å². The average molecular weight is 521 g/mol. The van der Waals surface area contributed by atoms with Gasteiger partial charge in [-0.1, -0.05) is 48.6 Å². The maximum Gasteiger partial charge on any atom is 0.203 e. The van der Waals surface area contributed by atoms with Crippen molar-refractivity contribution in [3.8, 4) is 17.2 Å². The smallest absolute Gasteiger partial charge is 0.203 e. The highest BCUT2D eigenvalue weighted by molar-refractivity contribution is 5.67. The Kier molecular flexibility index (Phi) is 9.51. The third-order valence-corrected chi connectivity index (χ3v) is 6.76. The molecule has 4 rings (SSSR count). The molecule has 0 aliphatic carbocycles. The van der Waals surface area contributed by atoms with Crippen LogP contribution in [0.4, 0.5) is 8.78 Å². The average Bonchev–Trinajstić information content (AvgIpc) is 2.95.